The second-order valence-corrected chi connectivity index (χ2v) is 10.3. The van der Waals surface area contributed by atoms with E-state index in [9.17, 15) is 0 Å². The molecule has 4 aromatic rings. The van der Waals surface area contributed by atoms with Gasteiger partial charge in [-0.05, 0) is 28.3 Å². The first kappa shape index (κ1) is 21.9. The zero-order valence-electron chi connectivity index (χ0n) is 19.7. The Morgan fingerprint density at radius 3 is 2.16 bits per heavy atom. The Morgan fingerprint density at radius 2 is 1.53 bits per heavy atom. The first-order valence-corrected chi connectivity index (χ1v) is 11.0. The van der Waals surface area contributed by atoms with Crippen LogP contribution in [-0.4, -0.2) is 35.4 Å². The molecule has 0 fully saturated rings. The summed E-state index contributed by atoms with van der Waals surface area (Å²) in [6.07, 6.45) is 0.801. The van der Waals surface area contributed by atoms with Crippen LogP contribution in [0.5, 0.6) is 0 Å². The standard InChI is InChI=1S/C25H31N7/c1-24(2,3)22-26-23(25(4,5)6)32(29-22)16-18-13-11-17(12-14-18)15-19-9-7-8-10-20(19)21-27-30-31-28-21/h7-14H,15-16H2,1-6H3,(H,27,28,30,31). The molecule has 0 saturated carbocycles. The van der Waals surface area contributed by atoms with Crippen LogP contribution < -0.4 is 0 Å². The maximum absolute atomic E-state index is 4.89. The lowest BCUT2D eigenvalue weighted by Crippen LogP contribution is -2.20. The largest absolute Gasteiger partial charge is 0.245 e. The molecule has 2 aromatic heterocycles. The van der Waals surface area contributed by atoms with Gasteiger partial charge in [-0.25, -0.2) is 9.67 Å². The van der Waals surface area contributed by atoms with Crippen molar-refractivity contribution in [2.24, 2.45) is 0 Å². The van der Waals surface area contributed by atoms with Crippen molar-refractivity contribution in [2.45, 2.75) is 65.3 Å². The lowest BCUT2D eigenvalue weighted by Gasteiger charge is -2.18. The van der Waals surface area contributed by atoms with Crippen LogP contribution in [0.25, 0.3) is 11.4 Å². The van der Waals surface area contributed by atoms with E-state index in [2.05, 4.69) is 97.2 Å². The highest BCUT2D eigenvalue weighted by Gasteiger charge is 2.27. The van der Waals surface area contributed by atoms with Gasteiger partial charge in [0.15, 0.2) is 5.82 Å². The summed E-state index contributed by atoms with van der Waals surface area (Å²) < 4.78 is 2.06. The molecule has 7 nitrogen and oxygen atoms in total. The lowest BCUT2D eigenvalue weighted by atomic mass is 9.94. The average Bonchev–Trinajstić information content (AvgIpc) is 3.39. The van der Waals surface area contributed by atoms with Crippen LogP contribution in [0.2, 0.25) is 0 Å². The summed E-state index contributed by atoms with van der Waals surface area (Å²) in [5, 5.41) is 19.3. The van der Waals surface area contributed by atoms with Crippen LogP contribution in [0.1, 0.15) is 69.9 Å². The summed E-state index contributed by atoms with van der Waals surface area (Å²) in [5.74, 6) is 2.52. The number of hydrogen-bond donors (Lipinski definition) is 1. The molecule has 0 atom stereocenters. The van der Waals surface area contributed by atoms with Crippen molar-refractivity contribution < 1.29 is 0 Å². The number of aromatic nitrogens is 7. The van der Waals surface area contributed by atoms with E-state index < -0.39 is 0 Å². The molecular formula is C25H31N7. The zero-order valence-corrected chi connectivity index (χ0v) is 19.7. The van der Waals surface area contributed by atoms with Gasteiger partial charge in [0.25, 0.3) is 0 Å². The van der Waals surface area contributed by atoms with Crippen molar-refractivity contribution in [3.8, 4) is 11.4 Å². The molecule has 0 aliphatic rings. The highest BCUT2D eigenvalue weighted by atomic mass is 15.5. The molecule has 0 unspecified atom stereocenters. The fraction of sp³-hybridized carbons (Fsp3) is 0.400. The molecular weight excluding hydrogens is 398 g/mol. The molecule has 0 saturated heterocycles. The molecule has 0 bridgehead atoms. The number of benzene rings is 2. The summed E-state index contributed by atoms with van der Waals surface area (Å²) in [5.41, 5.74) is 4.45. The van der Waals surface area contributed by atoms with Crippen LogP contribution in [-0.2, 0) is 23.8 Å². The van der Waals surface area contributed by atoms with Gasteiger partial charge in [0, 0.05) is 16.4 Å². The van der Waals surface area contributed by atoms with Crippen LogP contribution in [0, 0.1) is 0 Å². The molecule has 7 heteroatoms. The predicted molar refractivity (Wildman–Crippen MR) is 125 cm³/mol. The normalized spacial score (nSPS) is 12.3. The minimum Gasteiger partial charge on any atom is -0.245 e. The number of nitrogens with one attached hydrogen (secondary N) is 1. The Hall–Kier alpha value is -3.35. The monoisotopic (exact) mass is 429 g/mol. The third kappa shape index (κ3) is 4.77. The summed E-state index contributed by atoms with van der Waals surface area (Å²) >= 11 is 0. The Balaban J connectivity index is 1.56. The Labute approximate surface area is 189 Å². The quantitative estimate of drug-likeness (QED) is 0.497. The fourth-order valence-electron chi connectivity index (χ4n) is 3.65. The molecule has 32 heavy (non-hydrogen) atoms. The number of tetrazole rings is 1. The second kappa shape index (κ2) is 8.30. The zero-order chi connectivity index (χ0) is 22.9. The van der Waals surface area contributed by atoms with Gasteiger partial charge in [0.1, 0.15) is 5.82 Å². The van der Waals surface area contributed by atoms with E-state index in [0.29, 0.717) is 12.4 Å². The molecule has 2 heterocycles. The highest BCUT2D eigenvalue weighted by molar-refractivity contribution is 5.60. The average molecular weight is 430 g/mol. The topological polar surface area (TPSA) is 85.2 Å². The van der Waals surface area contributed by atoms with Crippen molar-refractivity contribution in [3.05, 3.63) is 76.9 Å². The Morgan fingerprint density at radius 1 is 0.844 bits per heavy atom. The predicted octanol–water partition coefficient (Wildman–Crippen LogP) is 4.69. The van der Waals surface area contributed by atoms with E-state index in [1.165, 1.54) is 16.7 Å². The lowest BCUT2D eigenvalue weighted by molar-refractivity contribution is 0.489. The maximum atomic E-state index is 4.89. The van der Waals surface area contributed by atoms with E-state index in [4.69, 9.17) is 10.1 Å². The van der Waals surface area contributed by atoms with E-state index in [0.717, 1.165) is 23.6 Å². The Kier molecular flexibility index (Phi) is 5.67. The number of H-pyrrole nitrogens is 1. The number of hydrogen-bond acceptors (Lipinski definition) is 5. The molecule has 0 radical (unpaired) electrons. The smallest absolute Gasteiger partial charge is 0.204 e. The Bertz CT molecular complexity index is 1170. The van der Waals surface area contributed by atoms with Crippen molar-refractivity contribution in [3.63, 3.8) is 0 Å². The number of aromatic amines is 1. The molecule has 0 aliphatic carbocycles. The summed E-state index contributed by atoms with van der Waals surface area (Å²) in [7, 11) is 0. The van der Waals surface area contributed by atoms with Gasteiger partial charge in [-0.15, -0.1) is 10.2 Å². The second-order valence-electron chi connectivity index (χ2n) is 10.3. The van der Waals surface area contributed by atoms with Gasteiger partial charge in [0.2, 0.25) is 5.82 Å². The van der Waals surface area contributed by atoms with E-state index in [-0.39, 0.29) is 10.8 Å². The van der Waals surface area contributed by atoms with Crippen LogP contribution in [0.3, 0.4) is 0 Å². The molecule has 4 rings (SSSR count). The SMILES string of the molecule is CC(C)(C)c1nc(C(C)(C)C)n(Cc2ccc(Cc3ccccc3-c3nn[nH]n3)cc2)n1. The molecule has 0 aliphatic heterocycles. The van der Waals surface area contributed by atoms with Crippen molar-refractivity contribution in [2.75, 3.05) is 0 Å². The highest BCUT2D eigenvalue weighted by Crippen LogP contribution is 2.26. The van der Waals surface area contributed by atoms with Crippen LogP contribution >= 0.6 is 0 Å². The summed E-state index contributed by atoms with van der Waals surface area (Å²) in [6, 6.07) is 16.9. The van der Waals surface area contributed by atoms with Crippen molar-refractivity contribution >= 4 is 0 Å². The number of nitrogens with zero attached hydrogens (tertiary/aromatic N) is 6. The minimum atomic E-state index is -0.0821. The van der Waals surface area contributed by atoms with Gasteiger partial charge in [0.05, 0.1) is 6.54 Å². The van der Waals surface area contributed by atoms with Gasteiger partial charge < -0.3 is 0 Å². The molecule has 0 amide bonds. The van der Waals surface area contributed by atoms with Crippen LogP contribution in [0.15, 0.2) is 48.5 Å². The van der Waals surface area contributed by atoms with Crippen LogP contribution in [0.4, 0.5) is 0 Å². The third-order valence-electron chi connectivity index (χ3n) is 5.37. The summed E-state index contributed by atoms with van der Waals surface area (Å²) in [4.78, 5) is 4.89. The minimum absolute atomic E-state index is 0.0741. The summed E-state index contributed by atoms with van der Waals surface area (Å²) in [6.45, 7) is 13.7. The van der Waals surface area contributed by atoms with Crippen molar-refractivity contribution in [1.82, 2.24) is 35.4 Å². The third-order valence-corrected chi connectivity index (χ3v) is 5.37. The van der Waals surface area contributed by atoms with Gasteiger partial charge >= 0.3 is 0 Å². The molecule has 166 valence electrons. The van der Waals surface area contributed by atoms with E-state index in [1.807, 2.05) is 18.2 Å². The van der Waals surface area contributed by atoms with Crippen molar-refractivity contribution in [1.29, 1.82) is 0 Å². The first-order chi connectivity index (χ1) is 15.1. The van der Waals surface area contributed by atoms with Gasteiger partial charge in [-0.2, -0.15) is 10.3 Å². The first-order valence-electron chi connectivity index (χ1n) is 11.0. The van der Waals surface area contributed by atoms with Gasteiger partial charge in [-0.1, -0.05) is 90.1 Å². The number of rotatable bonds is 5. The van der Waals surface area contributed by atoms with Gasteiger partial charge in [-0.3, -0.25) is 0 Å². The molecule has 2 aromatic carbocycles. The molecule has 1 N–H and O–H groups in total. The van der Waals surface area contributed by atoms with E-state index >= 15 is 0 Å². The van der Waals surface area contributed by atoms with E-state index in [1.54, 1.807) is 0 Å². The fourth-order valence-corrected chi connectivity index (χ4v) is 3.65. The molecule has 0 spiro atoms. The maximum Gasteiger partial charge on any atom is 0.204 e.